The molecule has 0 fully saturated rings. The summed E-state index contributed by atoms with van der Waals surface area (Å²) in [4.78, 5) is 27.2. The predicted molar refractivity (Wildman–Crippen MR) is 75.9 cm³/mol. The standard InChI is InChI=1S/C14H14N4O2/c1-9-3-4-12-11(5-9)13(19)18(14(20)16-12)8-10-6-15-17(2)7-10/h3-7H,8H2,1-2H3,(H,16,20). The van der Waals surface area contributed by atoms with Crippen LogP contribution in [-0.2, 0) is 13.6 Å². The Hall–Kier alpha value is -2.63. The van der Waals surface area contributed by atoms with Gasteiger partial charge in [-0.15, -0.1) is 0 Å². The van der Waals surface area contributed by atoms with Gasteiger partial charge in [0, 0.05) is 18.8 Å². The molecule has 0 unspecified atom stereocenters. The van der Waals surface area contributed by atoms with Gasteiger partial charge in [-0.2, -0.15) is 5.10 Å². The minimum Gasteiger partial charge on any atom is -0.307 e. The summed E-state index contributed by atoms with van der Waals surface area (Å²) in [5.74, 6) is 0. The molecule has 102 valence electrons. The van der Waals surface area contributed by atoms with Gasteiger partial charge in [0.25, 0.3) is 5.56 Å². The largest absolute Gasteiger partial charge is 0.329 e. The van der Waals surface area contributed by atoms with E-state index < -0.39 is 5.69 Å². The van der Waals surface area contributed by atoms with Crippen molar-refractivity contribution in [3.8, 4) is 0 Å². The highest BCUT2D eigenvalue weighted by atomic mass is 16.2. The van der Waals surface area contributed by atoms with E-state index in [1.807, 2.05) is 13.0 Å². The third-order valence-electron chi connectivity index (χ3n) is 3.24. The second kappa shape index (κ2) is 4.48. The number of H-pyrrole nitrogens is 1. The van der Waals surface area contributed by atoms with E-state index in [9.17, 15) is 9.59 Å². The quantitative estimate of drug-likeness (QED) is 0.748. The zero-order valence-corrected chi connectivity index (χ0v) is 11.3. The summed E-state index contributed by atoms with van der Waals surface area (Å²) < 4.78 is 2.83. The highest BCUT2D eigenvalue weighted by molar-refractivity contribution is 5.77. The number of hydrogen-bond donors (Lipinski definition) is 1. The smallest absolute Gasteiger partial charge is 0.307 e. The molecule has 0 atom stereocenters. The van der Waals surface area contributed by atoms with E-state index in [0.717, 1.165) is 11.1 Å². The third kappa shape index (κ3) is 2.05. The maximum absolute atomic E-state index is 12.4. The number of aryl methyl sites for hydroxylation is 2. The lowest BCUT2D eigenvalue weighted by Crippen LogP contribution is -2.35. The molecule has 0 amide bonds. The number of aromatic nitrogens is 4. The third-order valence-corrected chi connectivity index (χ3v) is 3.24. The summed E-state index contributed by atoms with van der Waals surface area (Å²) in [5.41, 5.74) is 1.67. The van der Waals surface area contributed by atoms with E-state index >= 15 is 0 Å². The van der Waals surface area contributed by atoms with Crippen LogP contribution >= 0.6 is 0 Å². The van der Waals surface area contributed by atoms with E-state index in [-0.39, 0.29) is 12.1 Å². The van der Waals surface area contributed by atoms with Crippen molar-refractivity contribution in [3.63, 3.8) is 0 Å². The number of benzene rings is 1. The molecule has 0 saturated carbocycles. The summed E-state index contributed by atoms with van der Waals surface area (Å²) in [5, 5.41) is 4.56. The molecule has 0 bridgehead atoms. The minimum atomic E-state index is -0.407. The second-order valence-corrected chi connectivity index (χ2v) is 4.89. The summed E-state index contributed by atoms with van der Waals surface area (Å²) in [6.45, 7) is 2.13. The molecule has 3 rings (SSSR count). The molecule has 0 aliphatic rings. The molecular formula is C14H14N4O2. The molecule has 0 aliphatic carbocycles. The van der Waals surface area contributed by atoms with Gasteiger partial charge in [-0.3, -0.25) is 14.0 Å². The maximum Gasteiger partial charge on any atom is 0.329 e. The van der Waals surface area contributed by atoms with Crippen LogP contribution in [0.1, 0.15) is 11.1 Å². The Kier molecular flexibility index (Phi) is 2.78. The fourth-order valence-electron chi connectivity index (χ4n) is 2.24. The monoisotopic (exact) mass is 270 g/mol. The lowest BCUT2D eigenvalue weighted by Gasteiger charge is -2.05. The summed E-state index contributed by atoms with van der Waals surface area (Å²) in [7, 11) is 1.79. The minimum absolute atomic E-state index is 0.214. The van der Waals surface area contributed by atoms with Gasteiger partial charge >= 0.3 is 5.69 Å². The Morgan fingerprint density at radius 2 is 2.10 bits per heavy atom. The van der Waals surface area contributed by atoms with Crippen molar-refractivity contribution in [1.82, 2.24) is 19.3 Å². The number of fused-ring (bicyclic) bond motifs is 1. The fraction of sp³-hybridized carbons (Fsp3) is 0.214. The average Bonchev–Trinajstić information content (AvgIpc) is 2.81. The molecule has 0 spiro atoms. The normalized spacial score (nSPS) is 11.1. The van der Waals surface area contributed by atoms with Crippen LogP contribution in [0, 0.1) is 6.92 Å². The molecule has 20 heavy (non-hydrogen) atoms. The number of rotatable bonds is 2. The Labute approximate surface area is 114 Å². The van der Waals surface area contributed by atoms with Crippen molar-refractivity contribution in [2.24, 2.45) is 7.05 Å². The van der Waals surface area contributed by atoms with Crippen molar-refractivity contribution in [2.75, 3.05) is 0 Å². The van der Waals surface area contributed by atoms with Crippen molar-refractivity contribution in [3.05, 3.63) is 62.6 Å². The Morgan fingerprint density at radius 3 is 2.80 bits per heavy atom. The number of nitrogens with zero attached hydrogens (tertiary/aromatic N) is 3. The van der Waals surface area contributed by atoms with E-state index in [0.29, 0.717) is 10.9 Å². The molecule has 2 heterocycles. The molecular weight excluding hydrogens is 256 g/mol. The zero-order valence-electron chi connectivity index (χ0n) is 11.3. The molecule has 1 N–H and O–H groups in total. The molecule has 3 aromatic rings. The van der Waals surface area contributed by atoms with Crippen molar-refractivity contribution < 1.29 is 0 Å². The summed E-state index contributed by atoms with van der Waals surface area (Å²) in [6.07, 6.45) is 3.43. The number of nitrogens with one attached hydrogen (secondary N) is 1. The first kappa shape index (κ1) is 12.4. The first-order valence-electron chi connectivity index (χ1n) is 6.25. The van der Waals surface area contributed by atoms with Crippen molar-refractivity contribution in [1.29, 1.82) is 0 Å². The fourth-order valence-corrected chi connectivity index (χ4v) is 2.24. The van der Waals surface area contributed by atoms with Crippen LogP contribution in [-0.4, -0.2) is 19.3 Å². The van der Waals surface area contributed by atoms with Crippen LogP contribution in [0.3, 0.4) is 0 Å². The van der Waals surface area contributed by atoms with Gasteiger partial charge in [-0.05, 0) is 19.1 Å². The van der Waals surface area contributed by atoms with E-state index in [1.165, 1.54) is 4.57 Å². The molecule has 0 aliphatic heterocycles. The Bertz CT molecular complexity index is 901. The van der Waals surface area contributed by atoms with Gasteiger partial charge in [0.1, 0.15) is 0 Å². The van der Waals surface area contributed by atoms with E-state index in [4.69, 9.17) is 0 Å². The number of hydrogen-bond acceptors (Lipinski definition) is 3. The Balaban J connectivity index is 2.20. The van der Waals surface area contributed by atoms with Gasteiger partial charge < -0.3 is 4.98 Å². The molecule has 1 aromatic carbocycles. The van der Waals surface area contributed by atoms with Crippen molar-refractivity contribution in [2.45, 2.75) is 13.5 Å². The second-order valence-electron chi connectivity index (χ2n) is 4.89. The van der Waals surface area contributed by atoms with Crippen LogP contribution in [0.4, 0.5) is 0 Å². The highest BCUT2D eigenvalue weighted by Crippen LogP contribution is 2.08. The lowest BCUT2D eigenvalue weighted by molar-refractivity contribution is 0.709. The summed E-state index contributed by atoms with van der Waals surface area (Å²) >= 11 is 0. The molecule has 6 heteroatoms. The van der Waals surface area contributed by atoms with Gasteiger partial charge in [0.15, 0.2) is 0 Å². The topological polar surface area (TPSA) is 72.7 Å². The SMILES string of the molecule is Cc1ccc2[nH]c(=O)n(Cc3cnn(C)c3)c(=O)c2c1. The predicted octanol–water partition coefficient (Wildman–Crippen LogP) is 0.780. The number of aromatic amines is 1. The lowest BCUT2D eigenvalue weighted by atomic mass is 10.2. The molecule has 0 radical (unpaired) electrons. The average molecular weight is 270 g/mol. The molecule has 6 nitrogen and oxygen atoms in total. The Morgan fingerprint density at radius 1 is 1.30 bits per heavy atom. The summed E-state index contributed by atoms with van der Waals surface area (Å²) in [6, 6.07) is 5.40. The molecule has 0 saturated heterocycles. The van der Waals surface area contributed by atoms with E-state index in [2.05, 4.69) is 10.1 Å². The zero-order chi connectivity index (χ0) is 14.3. The maximum atomic E-state index is 12.4. The van der Waals surface area contributed by atoms with Crippen LogP contribution in [0.2, 0.25) is 0 Å². The van der Waals surface area contributed by atoms with Crippen molar-refractivity contribution >= 4 is 10.9 Å². The van der Waals surface area contributed by atoms with Crippen LogP contribution in [0.25, 0.3) is 10.9 Å². The first-order chi connectivity index (χ1) is 9.54. The van der Waals surface area contributed by atoms with Crippen LogP contribution < -0.4 is 11.2 Å². The van der Waals surface area contributed by atoms with Gasteiger partial charge in [0.05, 0.1) is 23.6 Å². The molecule has 2 aromatic heterocycles. The van der Waals surface area contributed by atoms with Crippen LogP contribution in [0.15, 0.2) is 40.2 Å². The van der Waals surface area contributed by atoms with E-state index in [1.54, 1.807) is 36.3 Å². The first-order valence-corrected chi connectivity index (χ1v) is 6.25. The highest BCUT2D eigenvalue weighted by Gasteiger charge is 2.09. The van der Waals surface area contributed by atoms with Gasteiger partial charge in [-0.1, -0.05) is 11.6 Å². The van der Waals surface area contributed by atoms with Gasteiger partial charge in [0.2, 0.25) is 0 Å². The van der Waals surface area contributed by atoms with Crippen LogP contribution in [0.5, 0.6) is 0 Å². The van der Waals surface area contributed by atoms with Gasteiger partial charge in [-0.25, -0.2) is 4.79 Å².